The molecule has 7 heteroatoms. The van der Waals surface area contributed by atoms with Crippen LogP contribution in [0, 0.1) is 13.8 Å². The number of amides is 1. The molecule has 0 spiro atoms. The third kappa shape index (κ3) is 3.08. The maximum absolute atomic E-state index is 12.7. The number of carbonyl (C=O) groups excluding carboxylic acids is 1. The Hall–Kier alpha value is -2.44. The first kappa shape index (κ1) is 15.9. The minimum Gasteiger partial charge on any atom is -0.481 e. The van der Waals surface area contributed by atoms with Gasteiger partial charge in [0, 0.05) is 24.8 Å². The van der Waals surface area contributed by atoms with E-state index in [-0.39, 0.29) is 24.9 Å². The van der Waals surface area contributed by atoms with E-state index >= 15 is 0 Å². The first-order valence-electron chi connectivity index (χ1n) is 7.16. The molecule has 1 N–H and O–H groups in total. The molecule has 22 heavy (non-hydrogen) atoms. The van der Waals surface area contributed by atoms with E-state index in [1.54, 1.807) is 9.42 Å². The summed E-state index contributed by atoms with van der Waals surface area (Å²) >= 11 is 0. The highest BCUT2D eigenvalue weighted by atomic mass is 16.4. The van der Waals surface area contributed by atoms with Crippen molar-refractivity contribution in [1.29, 1.82) is 0 Å². The highest BCUT2D eigenvalue weighted by molar-refractivity contribution is 5.95. The Labute approximate surface area is 128 Å². The van der Waals surface area contributed by atoms with Crippen molar-refractivity contribution >= 4 is 17.5 Å². The second kappa shape index (κ2) is 6.13. The maximum Gasteiger partial charge on any atom is 0.305 e. The second-order valence-corrected chi connectivity index (χ2v) is 5.55. The molecular formula is C15H20N4O3. The van der Waals surface area contributed by atoms with Gasteiger partial charge in [0.1, 0.15) is 0 Å². The van der Waals surface area contributed by atoms with Crippen LogP contribution in [0.4, 0.5) is 0 Å². The normalized spacial score (nSPS) is 11.1. The zero-order chi connectivity index (χ0) is 16.4. The number of rotatable bonds is 5. The van der Waals surface area contributed by atoms with Crippen LogP contribution in [0.2, 0.25) is 0 Å². The van der Waals surface area contributed by atoms with E-state index in [0.29, 0.717) is 16.9 Å². The maximum atomic E-state index is 12.7. The van der Waals surface area contributed by atoms with Crippen LogP contribution < -0.4 is 0 Å². The number of aliphatic carboxylic acids is 1. The van der Waals surface area contributed by atoms with Gasteiger partial charge < -0.3 is 10.0 Å². The number of aryl methyl sites for hydroxylation is 2. The SMILES string of the molecule is Cc1cc2ncc(C(=O)N(CCC(=O)O)C(C)C)c(C)n2n1. The highest BCUT2D eigenvalue weighted by Crippen LogP contribution is 2.15. The van der Waals surface area contributed by atoms with Crippen LogP contribution in [0.1, 0.15) is 42.0 Å². The smallest absolute Gasteiger partial charge is 0.305 e. The highest BCUT2D eigenvalue weighted by Gasteiger charge is 2.22. The summed E-state index contributed by atoms with van der Waals surface area (Å²) in [5.74, 6) is -1.15. The molecule has 0 atom stereocenters. The number of nitrogens with zero attached hydrogens (tertiary/aromatic N) is 4. The molecule has 2 heterocycles. The summed E-state index contributed by atoms with van der Waals surface area (Å²) in [6.45, 7) is 7.56. The molecule has 0 unspecified atom stereocenters. The van der Waals surface area contributed by atoms with Gasteiger partial charge in [0.2, 0.25) is 0 Å². The molecule has 0 aliphatic carbocycles. The Balaban J connectivity index is 2.37. The van der Waals surface area contributed by atoms with Crippen molar-refractivity contribution in [3.63, 3.8) is 0 Å². The summed E-state index contributed by atoms with van der Waals surface area (Å²) in [6.07, 6.45) is 1.45. The Morgan fingerprint density at radius 1 is 1.36 bits per heavy atom. The third-order valence-electron chi connectivity index (χ3n) is 3.53. The van der Waals surface area contributed by atoms with Crippen LogP contribution in [0.3, 0.4) is 0 Å². The molecule has 0 aromatic carbocycles. The molecule has 0 aliphatic heterocycles. The minimum absolute atomic E-state index is 0.0838. The number of aromatic nitrogens is 3. The van der Waals surface area contributed by atoms with E-state index < -0.39 is 5.97 Å². The summed E-state index contributed by atoms with van der Waals surface area (Å²) in [5, 5.41) is 13.2. The van der Waals surface area contributed by atoms with Crippen LogP contribution >= 0.6 is 0 Å². The fourth-order valence-electron chi connectivity index (χ4n) is 2.34. The van der Waals surface area contributed by atoms with E-state index in [4.69, 9.17) is 5.11 Å². The first-order chi connectivity index (χ1) is 10.3. The quantitative estimate of drug-likeness (QED) is 0.908. The van der Waals surface area contributed by atoms with Crippen LogP contribution in [-0.2, 0) is 4.79 Å². The molecule has 118 valence electrons. The Morgan fingerprint density at radius 3 is 2.64 bits per heavy atom. The van der Waals surface area contributed by atoms with Crippen molar-refractivity contribution in [1.82, 2.24) is 19.5 Å². The molecule has 0 radical (unpaired) electrons. The predicted molar refractivity (Wildman–Crippen MR) is 80.9 cm³/mol. The summed E-state index contributed by atoms with van der Waals surface area (Å²) < 4.78 is 1.64. The van der Waals surface area contributed by atoms with Gasteiger partial charge >= 0.3 is 5.97 Å². The van der Waals surface area contributed by atoms with Crippen LogP contribution in [-0.4, -0.2) is 49.1 Å². The molecular weight excluding hydrogens is 284 g/mol. The molecule has 1 amide bonds. The minimum atomic E-state index is -0.925. The number of carboxylic acid groups (broad SMARTS) is 1. The van der Waals surface area contributed by atoms with E-state index in [1.165, 1.54) is 6.20 Å². The molecule has 2 rings (SSSR count). The van der Waals surface area contributed by atoms with E-state index in [2.05, 4.69) is 10.1 Å². The fourth-order valence-corrected chi connectivity index (χ4v) is 2.34. The Bertz CT molecular complexity index is 721. The van der Waals surface area contributed by atoms with Crippen molar-refractivity contribution in [2.24, 2.45) is 0 Å². The van der Waals surface area contributed by atoms with E-state index in [1.807, 2.05) is 33.8 Å². The summed E-state index contributed by atoms with van der Waals surface area (Å²) in [4.78, 5) is 29.3. The second-order valence-electron chi connectivity index (χ2n) is 5.55. The van der Waals surface area contributed by atoms with Crippen LogP contribution in [0.25, 0.3) is 5.65 Å². The van der Waals surface area contributed by atoms with Gasteiger partial charge in [-0.1, -0.05) is 0 Å². The number of carboxylic acids is 1. The third-order valence-corrected chi connectivity index (χ3v) is 3.53. The Morgan fingerprint density at radius 2 is 2.05 bits per heavy atom. The van der Waals surface area contributed by atoms with Gasteiger partial charge in [-0.25, -0.2) is 9.50 Å². The topological polar surface area (TPSA) is 87.8 Å². The number of hydrogen-bond acceptors (Lipinski definition) is 4. The summed E-state index contributed by atoms with van der Waals surface area (Å²) in [7, 11) is 0. The lowest BCUT2D eigenvalue weighted by molar-refractivity contribution is -0.137. The standard InChI is InChI=1S/C15H20N4O3/c1-9(2)18(6-5-14(20)21)15(22)12-8-16-13-7-10(3)17-19(13)11(12)4/h7-9H,5-6H2,1-4H3,(H,20,21). The van der Waals surface area contributed by atoms with Gasteiger partial charge in [0.05, 0.1) is 23.4 Å². The van der Waals surface area contributed by atoms with Crippen molar-refractivity contribution in [2.75, 3.05) is 6.54 Å². The molecule has 7 nitrogen and oxygen atoms in total. The molecule has 0 fully saturated rings. The lowest BCUT2D eigenvalue weighted by Gasteiger charge is -2.26. The zero-order valence-electron chi connectivity index (χ0n) is 13.2. The number of hydrogen-bond donors (Lipinski definition) is 1. The molecule has 2 aromatic heterocycles. The average Bonchev–Trinajstić information content (AvgIpc) is 2.80. The summed E-state index contributed by atoms with van der Waals surface area (Å²) in [6, 6.07) is 1.74. The monoisotopic (exact) mass is 304 g/mol. The van der Waals surface area contributed by atoms with Crippen molar-refractivity contribution in [3.8, 4) is 0 Å². The molecule has 0 aliphatic rings. The molecule has 0 bridgehead atoms. The van der Waals surface area contributed by atoms with Crippen molar-refractivity contribution in [3.05, 3.63) is 29.2 Å². The van der Waals surface area contributed by atoms with Gasteiger partial charge in [-0.15, -0.1) is 0 Å². The lowest BCUT2D eigenvalue weighted by atomic mass is 10.1. The first-order valence-corrected chi connectivity index (χ1v) is 7.16. The van der Waals surface area contributed by atoms with E-state index in [9.17, 15) is 9.59 Å². The van der Waals surface area contributed by atoms with Gasteiger partial charge in [-0.2, -0.15) is 5.10 Å². The van der Waals surface area contributed by atoms with Crippen molar-refractivity contribution in [2.45, 2.75) is 40.2 Å². The van der Waals surface area contributed by atoms with Gasteiger partial charge in [0.25, 0.3) is 5.91 Å². The molecule has 0 saturated carbocycles. The predicted octanol–water partition coefficient (Wildman–Crippen LogP) is 1.67. The number of fused-ring (bicyclic) bond motifs is 1. The van der Waals surface area contributed by atoms with Gasteiger partial charge in [-0.05, 0) is 27.7 Å². The van der Waals surface area contributed by atoms with Crippen LogP contribution in [0.5, 0.6) is 0 Å². The fraction of sp³-hybridized carbons (Fsp3) is 0.467. The largest absolute Gasteiger partial charge is 0.481 e. The van der Waals surface area contributed by atoms with Gasteiger partial charge in [-0.3, -0.25) is 9.59 Å². The number of carbonyl (C=O) groups is 2. The zero-order valence-corrected chi connectivity index (χ0v) is 13.2. The Kier molecular flexibility index (Phi) is 4.44. The average molecular weight is 304 g/mol. The van der Waals surface area contributed by atoms with Crippen LogP contribution in [0.15, 0.2) is 12.3 Å². The van der Waals surface area contributed by atoms with Gasteiger partial charge in [0.15, 0.2) is 5.65 Å². The lowest BCUT2D eigenvalue weighted by Crippen LogP contribution is -2.39. The van der Waals surface area contributed by atoms with Crippen molar-refractivity contribution < 1.29 is 14.7 Å². The molecule has 0 saturated heterocycles. The summed E-state index contributed by atoms with van der Waals surface area (Å²) in [5.41, 5.74) is 2.65. The van der Waals surface area contributed by atoms with E-state index in [0.717, 1.165) is 5.69 Å². The molecule has 2 aromatic rings.